The van der Waals surface area contributed by atoms with Crippen LogP contribution in [0, 0.1) is 5.92 Å². The number of carbonyl (C=O) groups is 3. The Kier molecular flexibility index (Phi) is 8.61. The molecular weight excluding hydrogens is 675 g/mol. The fourth-order valence-corrected chi connectivity index (χ4v) is 12.6. The summed E-state index contributed by atoms with van der Waals surface area (Å²) in [6.45, 7) is 7.73. The van der Waals surface area contributed by atoms with Gasteiger partial charge in [-0.2, -0.15) is 0 Å². The van der Waals surface area contributed by atoms with Crippen LogP contribution in [0.2, 0.25) is 18.6 Å². The Labute approximate surface area is 306 Å². The van der Waals surface area contributed by atoms with Crippen molar-refractivity contribution in [1.29, 1.82) is 0 Å². The molecule has 3 amide bonds. The number of nitrogens with zero attached hydrogens (tertiary/aromatic N) is 4. The van der Waals surface area contributed by atoms with Crippen molar-refractivity contribution in [1.82, 2.24) is 10.2 Å². The summed E-state index contributed by atoms with van der Waals surface area (Å²) in [5.74, 6) is -0.824. The molecule has 52 heavy (non-hydrogen) atoms. The van der Waals surface area contributed by atoms with Gasteiger partial charge in [-0.3, -0.25) is 19.3 Å². The number of para-hydroxylation sites is 1. The Bertz CT molecular complexity index is 1900. The lowest BCUT2D eigenvalue weighted by molar-refractivity contribution is -0.150. The number of aliphatic hydroxyl groups excluding tert-OH is 1. The highest BCUT2D eigenvalue weighted by Crippen LogP contribution is 2.60. The van der Waals surface area contributed by atoms with Gasteiger partial charge in [-0.25, -0.2) is 0 Å². The quantitative estimate of drug-likeness (QED) is 0.329. The standard InChI is InChI=1S/C40H49N5O6Si/c1-26-36(52(3,4)50)34(22-35(47)43-23-28-11-9-8-10-27(28)20-31(43)24-46)51-40(26)32-21-30(14-15-33(32)42(2)38(40)49)44-25-45(29-12-6-5-7-13-29)39(37(44)48)16-18-41-19-17-39/h5-15,21,26,31,34,36,41,46,50H,16-20,22-25H2,1-4H3/t26-,31+,34+,36-,40+/m1/s1. The molecule has 0 aliphatic carbocycles. The summed E-state index contributed by atoms with van der Waals surface area (Å²) in [5, 5.41) is 13.7. The zero-order valence-electron chi connectivity index (χ0n) is 30.4. The van der Waals surface area contributed by atoms with Crippen LogP contribution >= 0.6 is 0 Å². The molecule has 5 atom stereocenters. The van der Waals surface area contributed by atoms with Gasteiger partial charge in [-0.1, -0.05) is 49.4 Å². The minimum atomic E-state index is -3.03. The Balaban J connectivity index is 1.15. The number of aliphatic hydroxyl groups is 1. The second kappa shape index (κ2) is 12.8. The van der Waals surface area contributed by atoms with Crippen LogP contribution in [-0.4, -0.2) is 91.9 Å². The molecule has 0 aromatic heterocycles. The molecule has 5 aliphatic rings. The van der Waals surface area contributed by atoms with Crippen molar-refractivity contribution in [3.8, 4) is 0 Å². The molecule has 2 spiro atoms. The average molecular weight is 724 g/mol. The number of rotatable bonds is 6. The van der Waals surface area contributed by atoms with E-state index in [0.717, 1.165) is 29.9 Å². The molecule has 0 saturated carbocycles. The van der Waals surface area contributed by atoms with Gasteiger partial charge in [0.15, 0.2) is 13.9 Å². The summed E-state index contributed by atoms with van der Waals surface area (Å²) < 4.78 is 6.97. The summed E-state index contributed by atoms with van der Waals surface area (Å²) in [4.78, 5) is 62.5. The lowest BCUT2D eigenvalue weighted by atomic mass is 9.82. The normalized spacial score (nSPS) is 28.3. The second-order valence-electron chi connectivity index (χ2n) is 15.9. The monoisotopic (exact) mass is 723 g/mol. The van der Waals surface area contributed by atoms with Crippen molar-refractivity contribution in [3.63, 3.8) is 0 Å². The van der Waals surface area contributed by atoms with Gasteiger partial charge < -0.3 is 34.7 Å². The number of amides is 3. The highest BCUT2D eigenvalue weighted by atomic mass is 28.4. The number of ether oxygens (including phenoxy) is 1. The molecule has 0 unspecified atom stereocenters. The number of benzene rings is 3. The molecule has 8 rings (SSSR count). The summed E-state index contributed by atoms with van der Waals surface area (Å²) in [6.07, 6.45) is 1.17. The Morgan fingerprint density at radius 1 is 0.962 bits per heavy atom. The van der Waals surface area contributed by atoms with Gasteiger partial charge in [0.1, 0.15) is 5.54 Å². The maximum atomic E-state index is 14.6. The Morgan fingerprint density at radius 2 is 1.65 bits per heavy atom. The smallest absolute Gasteiger partial charge is 0.264 e. The summed E-state index contributed by atoms with van der Waals surface area (Å²) >= 11 is 0. The number of hydrogen-bond donors (Lipinski definition) is 3. The molecule has 3 saturated heterocycles. The third kappa shape index (κ3) is 5.25. The second-order valence-corrected chi connectivity index (χ2v) is 19.9. The first-order valence-electron chi connectivity index (χ1n) is 18.6. The van der Waals surface area contributed by atoms with Crippen molar-refractivity contribution in [2.75, 3.05) is 48.1 Å². The van der Waals surface area contributed by atoms with Crippen LogP contribution < -0.4 is 20.0 Å². The van der Waals surface area contributed by atoms with Crippen LogP contribution in [-0.2, 0) is 37.7 Å². The zero-order valence-corrected chi connectivity index (χ0v) is 31.4. The van der Waals surface area contributed by atoms with Gasteiger partial charge in [0.05, 0.1) is 37.5 Å². The van der Waals surface area contributed by atoms with E-state index in [4.69, 9.17) is 4.74 Å². The van der Waals surface area contributed by atoms with Crippen LogP contribution in [0.3, 0.4) is 0 Å². The fourth-order valence-electron chi connectivity index (χ4n) is 10.0. The predicted octanol–water partition coefficient (Wildman–Crippen LogP) is 3.73. The van der Waals surface area contributed by atoms with E-state index >= 15 is 0 Å². The van der Waals surface area contributed by atoms with Crippen LogP contribution in [0.1, 0.15) is 42.9 Å². The van der Waals surface area contributed by atoms with E-state index < -0.39 is 37.0 Å². The minimum Gasteiger partial charge on any atom is -0.432 e. The molecule has 3 aromatic rings. The maximum Gasteiger partial charge on any atom is 0.264 e. The predicted molar refractivity (Wildman–Crippen MR) is 201 cm³/mol. The minimum absolute atomic E-state index is 0.0222. The maximum absolute atomic E-state index is 14.6. The first kappa shape index (κ1) is 35.0. The van der Waals surface area contributed by atoms with Crippen molar-refractivity contribution in [2.24, 2.45) is 5.92 Å². The number of likely N-dealkylation sites (N-methyl/N-ethyl adjacent to an activating group) is 1. The van der Waals surface area contributed by atoms with Crippen LogP contribution in [0.5, 0.6) is 0 Å². The van der Waals surface area contributed by atoms with E-state index in [-0.39, 0.29) is 36.8 Å². The van der Waals surface area contributed by atoms with Gasteiger partial charge >= 0.3 is 0 Å². The van der Waals surface area contributed by atoms with Crippen LogP contribution in [0.15, 0.2) is 72.8 Å². The molecule has 5 heterocycles. The number of hydrogen-bond acceptors (Lipinski definition) is 8. The highest BCUT2D eigenvalue weighted by molar-refractivity contribution is 6.71. The largest absolute Gasteiger partial charge is 0.432 e. The molecule has 3 fully saturated rings. The number of piperidine rings is 1. The van der Waals surface area contributed by atoms with E-state index in [1.54, 1.807) is 16.8 Å². The average Bonchev–Trinajstić information content (AvgIpc) is 3.68. The Morgan fingerprint density at radius 3 is 2.35 bits per heavy atom. The van der Waals surface area contributed by atoms with Crippen LogP contribution in [0.4, 0.5) is 17.1 Å². The molecule has 274 valence electrons. The number of carbonyl (C=O) groups excluding carboxylic acids is 3. The number of fused-ring (bicyclic) bond motifs is 3. The molecular formula is C40H49N5O6Si. The molecule has 3 N–H and O–H groups in total. The first-order valence-corrected chi connectivity index (χ1v) is 21.6. The van der Waals surface area contributed by atoms with Crippen molar-refractivity contribution in [3.05, 3.63) is 89.5 Å². The number of anilines is 3. The van der Waals surface area contributed by atoms with Gasteiger partial charge in [0.25, 0.3) is 11.8 Å². The summed E-state index contributed by atoms with van der Waals surface area (Å²) in [6, 6.07) is 23.4. The fraction of sp³-hybridized carbons (Fsp3) is 0.475. The summed E-state index contributed by atoms with van der Waals surface area (Å²) in [7, 11) is -1.30. The molecule has 3 aromatic carbocycles. The van der Waals surface area contributed by atoms with E-state index in [9.17, 15) is 24.3 Å². The SMILES string of the molecule is C[C@@H]1[C@@H]([Si](C)(C)O)[C@H](CC(=O)N2Cc3ccccc3C[C@H]2CO)O[C@@]12C(=O)N(C)c1ccc(N3CN(c4ccccc4)C4(CCNCC4)C3=O)cc12. The Hall–Kier alpha value is -4.07. The lowest BCUT2D eigenvalue weighted by Crippen LogP contribution is -2.55. The van der Waals surface area contributed by atoms with E-state index in [0.29, 0.717) is 49.4 Å². The van der Waals surface area contributed by atoms with Crippen LogP contribution in [0.25, 0.3) is 0 Å². The number of nitrogens with one attached hydrogen (secondary N) is 1. The van der Waals surface area contributed by atoms with E-state index in [1.807, 2.05) is 97.7 Å². The third-order valence-corrected chi connectivity index (χ3v) is 15.1. The zero-order chi connectivity index (χ0) is 36.6. The van der Waals surface area contributed by atoms with Gasteiger partial charge in [-0.05, 0) is 86.9 Å². The van der Waals surface area contributed by atoms with Gasteiger partial charge in [0, 0.05) is 42.0 Å². The van der Waals surface area contributed by atoms with Gasteiger partial charge in [0.2, 0.25) is 5.91 Å². The first-order chi connectivity index (χ1) is 24.9. The van der Waals surface area contributed by atoms with Crippen molar-refractivity contribution in [2.45, 2.75) is 81.1 Å². The highest BCUT2D eigenvalue weighted by Gasteiger charge is 2.66. The van der Waals surface area contributed by atoms with E-state index in [1.165, 1.54) is 0 Å². The third-order valence-electron chi connectivity index (χ3n) is 12.6. The topological polar surface area (TPSA) is 126 Å². The van der Waals surface area contributed by atoms with Crippen molar-refractivity contribution >= 4 is 43.1 Å². The molecule has 11 nitrogen and oxygen atoms in total. The van der Waals surface area contributed by atoms with Crippen molar-refractivity contribution < 1.29 is 29.0 Å². The van der Waals surface area contributed by atoms with E-state index in [2.05, 4.69) is 10.2 Å². The molecule has 5 aliphatic heterocycles. The lowest BCUT2D eigenvalue weighted by Gasteiger charge is -2.39. The van der Waals surface area contributed by atoms with Gasteiger partial charge in [-0.15, -0.1) is 0 Å². The molecule has 0 bridgehead atoms. The molecule has 0 radical (unpaired) electrons. The molecule has 12 heteroatoms. The summed E-state index contributed by atoms with van der Waals surface area (Å²) in [5.41, 5.74) is 2.65.